The molecule has 0 saturated carbocycles. The van der Waals surface area contributed by atoms with Crippen molar-refractivity contribution in [2.24, 2.45) is 5.73 Å². The molecule has 0 atom stereocenters. The summed E-state index contributed by atoms with van der Waals surface area (Å²) in [5, 5.41) is 1.38. The van der Waals surface area contributed by atoms with E-state index in [-0.39, 0.29) is 0 Å². The Morgan fingerprint density at radius 3 is 2.78 bits per heavy atom. The van der Waals surface area contributed by atoms with Gasteiger partial charge in [-0.05, 0) is 42.5 Å². The molecule has 1 saturated heterocycles. The summed E-state index contributed by atoms with van der Waals surface area (Å²) in [7, 11) is 0. The number of amides is 1. The molecule has 1 amide bonds. The van der Waals surface area contributed by atoms with Crippen LogP contribution in [0, 0.1) is 0 Å². The van der Waals surface area contributed by atoms with Crippen molar-refractivity contribution in [1.82, 2.24) is 19.5 Å². The summed E-state index contributed by atoms with van der Waals surface area (Å²) >= 11 is 6.54. The van der Waals surface area contributed by atoms with Gasteiger partial charge in [0, 0.05) is 42.1 Å². The number of nitrogens with one attached hydrogen (secondary N) is 1. The zero-order valence-electron chi connectivity index (χ0n) is 20.0. The molecule has 3 aromatic heterocycles. The summed E-state index contributed by atoms with van der Waals surface area (Å²) in [5.74, 6) is 0.0450. The number of hydrogen-bond acceptors (Lipinski definition) is 6. The number of nitrogens with two attached hydrogens (primary N) is 1. The van der Waals surface area contributed by atoms with E-state index < -0.39 is 5.91 Å². The Kier molecular flexibility index (Phi) is 6.15. The number of pyridine rings is 1. The maximum absolute atomic E-state index is 12.4. The number of hydrogen-bond donors (Lipinski definition) is 2. The molecule has 1 aliphatic heterocycles. The molecule has 0 aliphatic carbocycles. The van der Waals surface area contributed by atoms with Gasteiger partial charge >= 0.3 is 0 Å². The first-order chi connectivity index (χ1) is 18.1. The van der Waals surface area contributed by atoms with Crippen molar-refractivity contribution < 1.29 is 14.3 Å². The van der Waals surface area contributed by atoms with Crippen LogP contribution in [-0.4, -0.2) is 58.3 Å². The molecule has 6 rings (SSSR count). The van der Waals surface area contributed by atoms with E-state index in [9.17, 15) is 4.79 Å². The highest BCUT2D eigenvalue weighted by Crippen LogP contribution is 2.34. The van der Waals surface area contributed by atoms with Gasteiger partial charge in [0.15, 0.2) is 0 Å². The van der Waals surface area contributed by atoms with Crippen LogP contribution in [0.2, 0.25) is 5.02 Å². The highest BCUT2D eigenvalue weighted by molar-refractivity contribution is 6.32. The Bertz CT molecular complexity index is 1590. The molecule has 9 nitrogen and oxygen atoms in total. The largest absolute Gasteiger partial charge is 0.490 e. The third-order valence-corrected chi connectivity index (χ3v) is 6.87. The molecular formula is C27H25ClN6O3. The molecule has 0 bridgehead atoms. The first-order valence-corrected chi connectivity index (χ1v) is 12.4. The Hall–Kier alpha value is -4.08. The third-order valence-electron chi connectivity index (χ3n) is 6.57. The SMILES string of the molecule is NC(=O)c1cc(-c2ccc(OCCn3ccnc3)c(Cl)c2)nc2c1[nH]c1cc(N3CCOCC3)ccc12. The second-order valence-corrected chi connectivity index (χ2v) is 9.30. The number of nitrogens with zero attached hydrogens (tertiary/aromatic N) is 4. The van der Waals surface area contributed by atoms with Crippen LogP contribution in [-0.2, 0) is 11.3 Å². The summed E-state index contributed by atoms with van der Waals surface area (Å²) in [6.45, 7) is 4.20. The molecule has 5 aromatic rings. The standard InChI is InChI=1S/C27H25ClN6O3/c28-21-13-17(1-4-24(21)37-12-7-33-6-5-30-16-33)22-15-20(27(29)35)26-25(31-22)19-3-2-18(14-23(19)32-26)34-8-10-36-11-9-34/h1-6,13-16,32H,7-12H2,(H2,29,35). The van der Waals surface area contributed by atoms with E-state index in [0.29, 0.717) is 59.4 Å². The van der Waals surface area contributed by atoms with E-state index >= 15 is 0 Å². The van der Waals surface area contributed by atoms with Gasteiger partial charge in [0.2, 0.25) is 0 Å². The normalized spacial score (nSPS) is 13.9. The van der Waals surface area contributed by atoms with Crippen LogP contribution in [0.1, 0.15) is 10.4 Å². The highest BCUT2D eigenvalue weighted by atomic mass is 35.5. The van der Waals surface area contributed by atoms with Gasteiger partial charge in [-0.3, -0.25) is 4.79 Å². The monoisotopic (exact) mass is 516 g/mol. The van der Waals surface area contributed by atoms with Crippen LogP contribution in [0.3, 0.4) is 0 Å². The summed E-state index contributed by atoms with van der Waals surface area (Å²) in [4.78, 5) is 27.0. The van der Waals surface area contributed by atoms with Crippen LogP contribution in [0.5, 0.6) is 5.75 Å². The van der Waals surface area contributed by atoms with E-state index in [1.165, 1.54) is 0 Å². The first-order valence-electron chi connectivity index (χ1n) is 12.0. The topological polar surface area (TPSA) is 111 Å². The van der Waals surface area contributed by atoms with E-state index in [0.717, 1.165) is 35.2 Å². The van der Waals surface area contributed by atoms with Crippen molar-refractivity contribution in [2.45, 2.75) is 6.54 Å². The third kappa shape index (κ3) is 4.59. The lowest BCUT2D eigenvalue weighted by atomic mass is 10.1. The fourth-order valence-corrected chi connectivity index (χ4v) is 4.90. The van der Waals surface area contributed by atoms with Gasteiger partial charge in [0.05, 0.1) is 58.9 Å². The van der Waals surface area contributed by atoms with Gasteiger partial charge < -0.3 is 29.7 Å². The quantitative estimate of drug-likeness (QED) is 0.334. The number of rotatable bonds is 7. The Morgan fingerprint density at radius 1 is 1.16 bits per heavy atom. The first kappa shape index (κ1) is 23.3. The summed E-state index contributed by atoms with van der Waals surface area (Å²) in [6.07, 6.45) is 5.34. The van der Waals surface area contributed by atoms with Crippen LogP contribution >= 0.6 is 11.6 Å². The van der Waals surface area contributed by atoms with Crippen LogP contribution in [0.4, 0.5) is 5.69 Å². The minimum atomic E-state index is -0.529. The molecular weight excluding hydrogens is 492 g/mol. The van der Waals surface area contributed by atoms with Crippen molar-refractivity contribution in [3.63, 3.8) is 0 Å². The predicted octanol–water partition coefficient (Wildman–Crippen LogP) is 4.25. The van der Waals surface area contributed by atoms with Gasteiger partial charge in [0.25, 0.3) is 5.91 Å². The molecule has 4 heterocycles. The predicted molar refractivity (Wildman–Crippen MR) is 143 cm³/mol. The molecule has 0 spiro atoms. The van der Waals surface area contributed by atoms with Gasteiger partial charge in [-0.1, -0.05) is 11.6 Å². The number of carbonyl (C=O) groups is 1. The van der Waals surface area contributed by atoms with E-state index in [1.54, 1.807) is 24.7 Å². The number of halogens is 1. The number of H-pyrrole nitrogens is 1. The van der Waals surface area contributed by atoms with Crippen molar-refractivity contribution in [3.05, 3.63) is 71.8 Å². The molecule has 1 fully saturated rings. The average Bonchev–Trinajstić information content (AvgIpc) is 3.57. The number of anilines is 1. The van der Waals surface area contributed by atoms with Crippen molar-refractivity contribution >= 4 is 45.1 Å². The number of aromatic nitrogens is 4. The summed E-state index contributed by atoms with van der Waals surface area (Å²) < 4.78 is 13.2. The van der Waals surface area contributed by atoms with Crippen molar-refractivity contribution in [1.29, 1.82) is 0 Å². The second kappa shape index (κ2) is 9.76. The molecule has 10 heteroatoms. The number of ether oxygens (including phenoxy) is 2. The molecule has 0 unspecified atom stereocenters. The number of benzene rings is 2. The number of imidazole rings is 1. The van der Waals surface area contributed by atoms with Crippen LogP contribution in [0.25, 0.3) is 33.2 Å². The average molecular weight is 517 g/mol. The molecule has 188 valence electrons. The lowest BCUT2D eigenvalue weighted by Crippen LogP contribution is -2.36. The molecule has 0 radical (unpaired) electrons. The number of fused-ring (bicyclic) bond motifs is 3. The second-order valence-electron chi connectivity index (χ2n) is 8.89. The molecule has 2 aromatic carbocycles. The van der Waals surface area contributed by atoms with Crippen LogP contribution < -0.4 is 15.4 Å². The zero-order valence-corrected chi connectivity index (χ0v) is 20.7. The van der Waals surface area contributed by atoms with Gasteiger partial charge in [-0.15, -0.1) is 0 Å². The maximum atomic E-state index is 12.4. The van der Waals surface area contributed by atoms with E-state index in [2.05, 4.69) is 27.0 Å². The number of morpholine rings is 1. The zero-order chi connectivity index (χ0) is 25.4. The van der Waals surface area contributed by atoms with Crippen LogP contribution in [0.15, 0.2) is 61.2 Å². The fraction of sp³-hybridized carbons (Fsp3) is 0.222. The minimum absolute atomic E-state index is 0.376. The minimum Gasteiger partial charge on any atom is -0.490 e. The molecule has 3 N–H and O–H groups in total. The lowest BCUT2D eigenvalue weighted by molar-refractivity contribution is 0.100. The van der Waals surface area contributed by atoms with Gasteiger partial charge in [-0.2, -0.15) is 0 Å². The Balaban J connectivity index is 1.34. The Morgan fingerprint density at radius 2 is 2.03 bits per heavy atom. The van der Waals surface area contributed by atoms with E-state index in [1.807, 2.05) is 29.0 Å². The number of aromatic amines is 1. The maximum Gasteiger partial charge on any atom is 0.250 e. The van der Waals surface area contributed by atoms with Crippen molar-refractivity contribution in [2.75, 3.05) is 37.8 Å². The Labute approximate surface area is 217 Å². The number of carbonyl (C=O) groups excluding carboxylic acids is 1. The summed E-state index contributed by atoms with van der Waals surface area (Å²) in [6, 6.07) is 13.4. The van der Waals surface area contributed by atoms with Gasteiger partial charge in [0.1, 0.15) is 12.4 Å². The fourth-order valence-electron chi connectivity index (χ4n) is 4.66. The van der Waals surface area contributed by atoms with E-state index in [4.69, 9.17) is 31.8 Å². The smallest absolute Gasteiger partial charge is 0.250 e. The molecule has 37 heavy (non-hydrogen) atoms. The summed E-state index contributed by atoms with van der Waals surface area (Å²) in [5.41, 5.74) is 10.8. The van der Waals surface area contributed by atoms with Crippen molar-refractivity contribution in [3.8, 4) is 17.0 Å². The molecule has 1 aliphatic rings. The highest BCUT2D eigenvalue weighted by Gasteiger charge is 2.18. The lowest BCUT2D eigenvalue weighted by Gasteiger charge is -2.28. The number of primary amides is 1. The van der Waals surface area contributed by atoms with Gasteiger partial charge in [-0.25, -0.2) is 9.97 Å².